The van der Waals surface area contributed by atoms with Crippen molar-refractivity contribution in [3.8, 4) is 6.07 Å². The summed E-state index contributed by atoms with van der Waals surface area (Å²) in [6.45, 7) is 0.762. The van der Waals surface area contributed by atoms with E-state index in [4.69, 9.17) is 5.26 Å². The highest BCUT2D eigenvalue weighted by Crippen LogP contribution is 2.27. The minimum atomic E-state index is 0.627. The van der Waals surface area contributed by atoms with E-state index in [1.54, 1.807) is 0 Å². The Hall–Kier alpha value is -1.84. The number of aryl methyl sites for hydroxylation is 1. The Morgan fingerprint density at radius 3 is 2.95 bits per heavy atom. The third-order valence-corrected chi connectivity index (χ3v) is 4.06. The molecule has 6 heteroatoms. The molecular formula is C13H12BrN5. The first-order valence-corrected chi connectivity index (χ1v) is 6.66. The lowest BCUT2D eigenvalue weighted by Gasteiger charge is -2.01. The summed E-state index contributed by atoms with van der Waals surface area (Å²) in [7, 11) is 3.91. The molecule has 0 aliphatic rings. The van der Waals surface area contributed by atoms with Gasteiger partial charge in [0, 0.05) is 13.6 Å². The van der Waals surface area contributed by atoms with Crippen molar-refractivity contribution in [3.63, 3.8) is 0 Å². The second-order valence-corrected chi connectivity index (χ2v) is 5.14. The van der Waals surface area contributed by atoms with Crippen LogP contribution in [0.15, 0.2) is 22.8 Å². The van der Waals surface area contributed by atoms with Crippen molar-refractivity contribution in [3.05, 3.63) is 34.1 Å². The number of hydrogen-bond acceptors (Lipinski definition) is 3. The molecule has 0 saturated heterocycles. The van der Waals surface area contributed by atoms with Gasteiger partial charge in [0.15, 0.2) is 0 Å². The molecule has 19 heavy (non-hydrogen) atoms. The SMILES string of the molecule is CNCc1c(Br)n2c3ccc(C#N)cc3nc2n1C. The topological polar surface area (TPSA) is 58.0 Å². The summed E-state index contributed by atoms with van der Waals surface area (Å²) in [6, 6.07) is 7.70. The van der Waals surface area contributed by atoms with Gasteiger partial charge in [-0.15, -0.1) is 0 Å². The molecule has 0 atom stereocenters. The summed E-state index contributed by atoms with van der Waals surface area (Å²) < 4.78 is 5.10. The van der Waals surface area contributed by atoms with Crippen LogP contribution in [0.4, 0.5) is 0 Å². The highest BCUT2D eigenvalue weighted by molar-refractivity contribution is 9.10. The maximum Gasteiger partial charge on any atom is 0.215 e. The number of hydrogen-bond donors (Lipinski definition) is 1. The van der Waals surface area contributed by atoms with Gasteiger partial charge < -0.3 is 9.88 Å². The van der Waals surface area contributed by atoms with E-state index in [0.29, 0.717) is 5.56 Å². The first-order chi connectivity index (χ1) is 9.17. The highest BCUT2D eigenvalue weighted by Gasteiger charge is 2.17. The minimum absolute atomic E-state index is 0.627. The van der Waals surface area contributed by atoms with E-state index in [9.17, 15) is 0 Å². The lowest BCUT2D eigenvalue weighted by Crippen LogP contribution is -2.09. The fourth-order valence-corrected chi connectivity index (χ4v) is 3.06. The van der Waals surface area contributed by atoms with E-state index >= 15 is 0 Å². The van der Waals surface area contributed by atoms with Crippen LogP contribution in [-0.2, 0) is 13.6 Å². The quantitative estimate of drug-likeness (QED) is 0.788. The molecular weight excluding hydrogens is 306 g/mol. The maximum atomic E-state index is 8.94. The van der Waals surface area contributed by atoms with Gasteiger partial charge in [-0.25, -0.2) is 4.98 Å². The van der Waals surface area contributed by atoms with Gasteiger partial charge in [-0.3, -0.25) is 4.40 Å². The van der Waals surface area contributed by atoms with E-state index in [2.05, 4.69) is 36.7 Å². The van der Waals surface area contributed by atoms with E-state index in [1.807, 2.05) is 36.9 Å². The summed E-state index contributed by atoms with van der Waals surface area (Å²) in [5.41, 5.74) is 3.60. The maximum absolute atomic E-state index is 8.94. The number of nitrogens with one attached hydrogen (secondary N) is 1. The zero-order valence-electron chi connectivity index (χ0n) is 10.6. The average Bonchev–Trinajstić information content (AvgIpc) is 2.90. The third kappa shape index (κ3) is 1.66. The zero-order valence-corrected chi connectivity index (χ0v) is 12.2. The molecule has 0 amide bonds. The summed E-state index contributed by atoms with van der Waals surface area (Å²) in [6.07, 6.45) is 0. The average molecular weight is 318 g/mol. The van der Waals surface area contributed by atoms with Crippen LogP contribution >= 0.6 is 15.9 Å². The van der Waals surface area contributed by atoms with Gasteiger partial charge in [0.25, 0.3) is 0 Å². The van der Waals surface area contributed by atoms with Crippen molar-refractivity contribution in [2.75, 3.05) is 7.05 Å². The standard InChI is InChI=1S/C13H12BrN5/c1-16-7-11-12(14)19-10-4-3-8(6-15)5-9(10)17-13(19)18(11)2/h3-5,16H,7H2,1-2H3. The minimum Gasteiger partial charge on any atom is -0.315 e. The Labute approximate surface area is 118 Å². The van der Waals surface area contributed by atoms with Gasteiger partial charge in [0.1, 0.15) is 4.60 Å². The lowest BCUT2D eigenvalue weighted by atomic mass is 10.2. The van der Waals surface area contributed by atoms with E-state index < -0.39 is 0 Å². The van der Waals surface area contributed by atoms with Gasteiger partial charge in [0.2, 0.25) is 5.78 Å². The molecule has 0 saturated carbocycles. The molecule has 2 aromatic heterocycles. The van der Waals surface area contributed by atoms with E-state index in [0.717, 1.165) is 33.7 Å². The van der Waals surface area contributed by atoms with Crippen molar-refractivity contribution in [1.82, 2.24) is 19.3 Å². The molecule has 1 aromatic carbocycles. The Morgan fingerprint density at radius 2 is 2.26 bits per heavy atom. The van der Waals surface area contributed by atoms with E-state index in [1.165, 1.54) is 0 Å². The molecule has 5 nitrogen and oxygen atoms in total. The Bertz CT molecular complexity index is 821. The molecule has 0 radical (unpaired) electrons. The predicted octanol–water partition coefficient (Wildman–Crippen LogP) is 2.18. The van der Waals surface area contributed by atoms with Crippen LogP contribution in [0, 0.1) is 11.3 Å². The number of nitriles is 1. The van der Waals surface area contributed by atoms with Crippen molar-refractivity contribution in [2.24, 2.45) is 7.05 Å². The molecule has 0 bridgehead atoms. The number of halogens is 1. The molecule has 0 fully saturated rings. The monoisotopic (exact) mass is 317 g/mol. The van der Waals surface area contributed by atoms with Crippen molar-refractivity contribution >= 4 is 32.7 Å². The molecule has 0 aliphatic heterocycles. The summed E-state index contributed by atoms with van der Waals surface area (Å²) >= 11 is 3.64. The van der Waals surface area contributed by atoms with Crippen molar-refractivity contribution in [1.29, 1.82) is 5.26 Å². The fourth-order valence-electron chi connectivity index (χ4n) is 2.30. The van der Waals surface area contributed by atoms with Crippen LogP contribution in [0.1, 0.15) is 11.3 Å². The first-order valence-electron chi connectivity index (χ1n) is 5.87. The molecule has 0 unspecified atom stereocenters. The second kappa shape index (κ2) is 4.37. The Balaban J connectivity index is 2.38. The zero-order chi connectivity index (χ0) is 13.6. The number of aromatic nitrogens is 3. The number of nitrogens with zero attached hydrogens (tertiary/aromatic N) is 4. The molecule has 3 rings (SSSR count). The van der Waals surface area contributed by atoms with Crippen LogP contribution in [0.2, 0.25) is 0 Å². The second-order valence-electron chi connectivity index (χ2n) is 4.39. The van der Waals surface area contributed by atoms with Gasteiger partial charge in [0.05, 0.1) is 28.4 Å². The smallest absolute Gasteiger partial charge is 0.215 e. The third-order valence-electron chi connectivity index (χ3n) is 3.25. The fraction of sp³-hybridized carbons (Fsp3) is 0.231. The summed E-state index contributed by atoms with van der Waals surface area (Å²) in [5, 5.41) is 12.1. The summed E-state index contributed by atoms with van der Waals surface area (Å²) in [4.78, 5) is 4.60. The normalized spacial score (nSPS) is 11.3. The van der Waals surface area contributed by atoms with Crippen LogP contribution in [-0.4, -0.2) is 21.0 Å². The molecule has 1 N–H and O–H groups in total. The van der Waals surface area contributed by atoms with Crippen LogP contribution in [0.5, 0.6) is 0 Å². The van der Waals surface area contributed by atoms with Gasteiger partial charge in [-0.05, 0) is 41.2 Å². The predicted molar refractivity (Wildman–Crippen MR) is 76.8 cm³/mol. The van der Waals surface area contributed by atoms with Crippen LogP contribution < -0.4 is 5.32 Å². The number of fused-ring (bicyclic) bond motifs is 3. The largest absolute Gasteiger partial charge is 0.315 e. The molecule has 2 heterocycles. The van der Waals surface area contributed by atoms with Crippen LogP contribution in [0.25, 0.3) is 16.8 Å². The number of benzene rings is 1. The van der Waals surface area contributed by atoms with Gasteiger partial charge in [-0.2, -0.15) is 5.26 Å². The highest BCUT2D eigenvalue weighted by atomic mass is 79.9. The molecule has 3 aromatic rings. The number of rotatable bonds is 2. The van der Waals surface area contributed by atoms with Gasteiger partial charge in [-0.1, -0.05) is 0 Å². The van der Waals surface area contributed by atoms with Crippen molar-refractivity contribution in [2.45, 2.75) is 6.54 Å². The molecule has 96 valence electrons. The van der Waals surface area contributed by atoms with Crippen LogP contribution in [0.3, 0.4) is 0 Å². The Kier molecular flexibility index (Phi) is 2.81. The Morgan fingerprint density at radius 1 is 1.47 bits per heavy atom. The van der Waals surface area contributed by atoms with Gasteiger partial charge >= 0.3 is 0 Å². The first kappa shape index (κ1) is 12.2. The van der Waals surface area contributed by atoms with Crippen molar-refractivity contribution < 1.29 is 0 Å². The van der Waals surface area contributed by atoms with E-state index in [-0.39, 0.29) is 0 Å². The molecule has 0 spiro atoms. The lowest BCUT2D eigenvalue weighted by molar-refractivity contribution is 0.738. The summed E-state index contributed by atoms with van der Waals surface area (Å²) in [5.74, 6) is 0.863. The molecule has 0 aliphatic carbocycles. The number of imidazole rings is 2.